The largest absolute Gasteiger partial charge is 0.469 e. The first-order valence-electron chi connectivity index (χ1n) is 8.08. The van der Waals surface area contributed by atoms with Gasteiger partial charge in [-0.05, 0) is 50.1 Å². The van der Waals surface area contributed by atoms with Crippen LogP contribution in [0.4, 0.5) is 10.8 Å². The number of benzene rings is 1. The lowest BCUT2D eigenvalue weighted by Gasteiger charge is -2.06. The van der Waals surface area contributed by atoms with Crippen LogP contribution in [0.1, 0.15) is 32.9 Å². The molecule has 3 rings (SSSR count). The van der Waals surface area contributed by atoms with Gasteiger partial charge < -0.3 is 9.73 Å². The molecule has 2 amide bonds. The number of aryl methyl sites for hydroxylation is 3. The van der Waals surface area contributed by atoms with E-state index in [4.69, 9.17) is 4.42 Å². The highest BCUT2D eigenvalue weighted by Gasteiger charge is 2.14. The van der Waals surface area contributed by atoms with E-state index in [1.807, 2.05) is 32.0 Å². The summed E-state index contributed by atoms with van der Waals surface area (Å²) < 4.78 is 5.12. The van der Waals surface area contributed by atoms with Gasteiger partial charge in [-0.3, -0.25) is 14.9 Å². The Hall–Kier alpha value is -2.93. The van der Waals surface area contributed by atoms with Gasteiger partial charge in [-0.15, -0.1) is 11.3 Å². The van der Waals surface area contributed by atoms with Crippen molar-refractivity contribution in [2.45, 2.75) is 27.2 Å². The molecule has 134 valence electrons. The Bertz CT molecular complexity index is 938. The number of aromatic nitrogens is 1. The molecule has 0 radical (unpaired) electrons. The molecule has 0 saturated heterocycles. The van der Waals surface area contributed by atoms with Crippen molar-refractivity contribution in [1.29, 1.82) is 0 Å². The maximum Gasteiger partial charge on any atom is 0.260 e. The molecule has 2 heterocycles. The predicted molar refractivity (Wildman–Crippen MR) is 102 cm³/mol. The topological polar surface area (TPSA) is 84.2 Å². The Morgan fingerprint density at radius 2 is 1.85 bits per heavy atom. The highest BCUT2D eigenvalue weighted by Crippen LogP contribution is 2.19. The number of carbonyl (C=O) groups is 2. The molecule has 0 saturated carbocycles. The number of anilines is 2. The lowest BCUT2D eigenvalue weighted by molar-refractivity contribution is -0.115. The van der Waals surface area contributed by atoms with Crippen molar-refractivity contribution in [2.24, 2.45) is 0 Å². The zero-order valence-electron chi connectivity index (χ0n) is 14.8. The van der Waals surface area contributed by atoms with Crippen molar-refractivity contribution in [3.63, 3.8) is 0 Å². The van der Waals surface area contributed by atoms with Crippen LogP contribution in [0.15, 0.2) is 40.3 Å². The Labute approximate surface area is 155 Å². The molecule has 0 aliphatic heterocycles. The standard InChI is InChI=1S/C19H19N3O3S/c1-11-6-12(2)8-14(7-11)20-17(23)9-15-10-26-19(21-15)22-18(24)16-4-5-25-13(16)3/h4-8,10H,9H2,1-3H3,(H,20,23)(H,21,22,24). The molecule has 2 N–H and O–H groups in total. The molecule has 3 aromatic rings. The number of thiazole rings is 1. The lowest BCUT2D eigenvalue weighted by Crippen LogP contribution is -2.15. The van der Waals surface area contributed by atoms with Crippen LogP contribution < -0.4 is 10.6 Å². The van der Waals surface area contributed by atoms with Gasteiger partial charge in [-0.2, -0.15) is 0 Å². The molecule has 1 aromatic carbocycles. The van der Waals surface area contributed by atoms with E-state index in [0.29, 0.717) is 22.1 Å². The summed E-state index contributed by atoms with van der Waals surface area (Å²) in [6.07, 6.45) is 1.61. The minimum Gasteiger partial charge on any atom is -0.469 e. The summed E-state index contributed by atoms with van der Waals surface area (Å²) >= 11 is 1.28. The minimum atomic E-state index is -0.281. The van der Waals surface area contributed by atoms with Gasteiger partial charge in [-0.1, -0.05) is 6.07 Å². The van der Waals surface area contributed by atoms with Gasteiger partial charge >= 0.3 is 0 Å². The Morgan fingerprint density at radius 1 is 1.12 bits per heavy atom. The number of nitrogens with one attached hydrogen (secondary N) is 2. The first-order valence-corrected chi connectivity index (χ1v) is 8.96. The van der Waals surface area contributed by atoms with E-state index in [9.17, 15) is 9.59 Å². The third-order valence-corrected chi connectivity index (χ3v) is 4.53. The molecule has 0 bridgehead atoms. The van der Waals surface area contributed by atoms with E-state index in [1.165, 1.54) is 17.6 Å². The van der Waals surface area contributed by atoms with Gasteiger partial charge in [0, 0.05) is 11.1 Å². The van der Waals surface area contributed by atoms with Crippen LogP contribution in [0.5, 0.6) is 0 Å². The van der Waals surface area contributed by atoms with E-state index < -0.39 is 0 Å². The number of furan rings is 1. The van der Waals surface area contributed by atoms with Crippen LogP contribution >= 0.6 is 11.3 Å². The molecule has 0 fully saturated rings. The molecule has 7 heteroatoms. The van der Waals surface area contributed by atoms with Crippen molar-refractivity contribution in [3.05, 3.63) is 64.1 Å². The number of carbonyl (C=O) groups excluding carboxylic acids is 2. The summed E-state index contributed by atoms with van der Waals surface area (Å²) in [6.45, 7) is 5.69. The molecule has 6 nitrogen and oxygen atoms in total. The fraction of sp³-hybridized carbons (Fsp3) is 0.211. The van der Waals surface area contributed by atoms with Crippen LogP contribution in [0.3, 0.4) is 0 Å². The fourth-order valence-corrected chi connectivity index (χ4v) is 3.35. The van der Waals surface area contributed by atoms with Crippen LogP contribution in [0, 0.1) is 20.8 Å². The highest BCUT2D eigenvalue weighted by atomic mass is 32.1. The third-order valence-electron chi connectivity index (χ3n) is 3.72. The highest BCUT2D eigenvalue weighted by molar-refractivity contribution is 7.14. The van der Waals surface area contributed by atoms with Crippen molar-refractivity contribution >= 4 is 34.0 Å². The van der Waals surface area contributed by atoms with Crippen LogP contribution in [-0.2, 0) is 11.2 Å². The summed E-state index contributed by atoms with van der Waals surface area (Å²) in [4.78, 5) is 28.7. The van der Waals surface area contributed by atoms with E-state index in [0.717, 1.165) is 16.8 Å². The van der Waals surface area contributed by atoms with Crippen LogP contribution in [-0.4, -0.2) is 16.8 Å². The lowest BCUT2D eigenvalue weighted by atomic mass is 10.1. The van der Waals surface area contributed by atoms with Crippen molar-refractivity contribution in [1.82, 2.24) is 4.98 Å². The molecule has 0 unspecified atom stereocenters. The van der Waals surface area contributed by atoms with Crippen molar-refractivity contribution in [3.8, 4) is 0 Å². The maximum absolute atomic E-state index is 12.2. The summed E-state index contributed by atoms with van der Waals surface area (Å²) in [6, 6.07) is 7.50. The number of nitrogens with zero attached hydrogens (tertiary/aromatic N) is 1. The Kier molecular flexibility index (Phi) is 5.18. The Morgan fingerprint density at radius 3 is 2.50 bits per heavy atom. The predicted octanol–water partition coefficient (Wildman–Crippen LogP) is 4.09. The second-order valence-corrected chi connectivity index (χ2v) is 6.95. The van der Waals surface area contributed by atoms with E-state index in [-0.39, 0.29) is 18.2 Å². The molecule has 0 aliphatic carbocycles. The van der Waals surface area contributed by atoms with E-state index in [2.05, 4.69) is 15.6 Å². The summed E-state index contributed by atoms with van der Waals surface area (Å²) in [5, 5.41) is 7.81. The smallest absolute Gasteiger partial charge is 0.260 e. The number of amides is 2. The fourth-order valence-electron chi connectivity index (χ4n) is 2.65. The number of hydrogen-bond donors (Lipinski definition) is 2. The third kappa shape index (κ3) is 4.37. The van der Waals surface area contributed by atoms with Crippen LogP contribution in [0.25, 0.3) is 0 Å². The van der Waals surface area contributed by atoms with E-state index in [1.54, 1.807) is 18.4 Å². The average Bonchev–Trinajstić information content (AvgIpc) is 3.15. The first-order chi connectivity index (χ1) is 12.4. The molecular weight excluding hydrogens is 350 g/mol. The molecule has 0 aliphatic rings. The average molecular weight is 369 g/mol. The Balaban J connectivity index is 1.60. The van der Waals surface area contributed by atoms with Crippen molar-refractivity contribution in [2.75, 3.05) is 10.6 Å². The second-order valence-electron chi connectivity index (χ2n) is 6.09. The quantitative estimate of drug-likeness (QED) is 0.709. The molecule has 26 heavy (non-hydrogen) atoms. The van der Waals surface area contributed by atoms with E-state index >= 15 is 0 Å². The summed E-state index contributed by atoms with van der Waals surface area (Å²) in [5.74, 6) is 0.118. The van der Waals surface area contributed by atoms with Gasteiger partial charge in [0.2, 0.25) is 5.91 Å². The number of hydrogen-bond acceptors (Lipinski definition) is 5. The second kappa shape index (κ2) is 7.53. The molecular formula is C19H19N3O3S. The van der Waals surface area contributed by atoms with Gasteiger partial charge in [-0.25, -0.2) is 4.98 Å². The first kappa shape index (κ1) is 17.9. The SMILES string of the molecule is Cc1cc(C)cc(NC(=O)Cc2csc(NC(=O)c3ccoc3C)n2)c1. The number of rotatable bonds is 5. The van der Waals surface area contributed by atoms with Gasteiger partial charge in [0.25, 0.3) is 5.91 Å². The van der Waals surface area contributed by atoms with Crippen LogP contribution in [0.2, 0.25) is 0 Å². The van der Waals surface area contributed by atoms with Gasteiger partial charge in [0.15, 0.2) is 5.13 Å². The summed E-state index contributed by atoms with van der Waals surface area (Å²) in [7, 11) is 0. The molecule has 2 aromatic heterocycles. The zero-order chi connectivity index (χ0) is 18.7. The normalized spacial score (nSPS) is 10.6. The zero-order valence-corrected chi connectivity index (χ0v) is 15.6. The maximum atomic E-state index is 12.2. The molecule has 0 atom stereocenters. The van der Waals surface area contributed by atoms with Crippen molar-refractivity contribution < 1.29 is 14.0 Å². The molecule has 0 spiro atoms. The minimum absolute atomic E-state index is 0.143. The summed E-state index contributed by atoms with van der Waals surface area (Å²) in [5.41, 5.74) is 4.03. The monoisotopic (exact) mass is 369 g/mol. The van der Waals surface area contributed by atoms with Gasteiger partial charge in [0.1, 0.15) is 5.76 Å². The van der Waals surface area contributed by atoms with Gasteiger partial charge in [0.05, 0.1) is 23.9 Å².